The van der Waals surface area contributed by atoms with Gasteiger partial charge in [0, 0.05) is 19.2 Å². The van der Waals surface area contributed by atoms with Gasteiger partial charge in [0.1, 0.15) is 5.69 Å². The SMILES string of the molecule is CCCn1nc(C(=O)N2CCc3cc(OC)c(OC)cc3C2c2ccccc2)ccc1=O. The molecule has 166 valence electrons. The van der Waals surface area contributed by atoms with Gasteiger partial charge >= 0.3 is 0 Å². The molecule has 7 nitrogen and oxygen atoms in total. The van der Waals surface area contributed by atoms with Crippen LogP contribution in [-0.4, -0.2) is 41.4 Å². The van der Waals surface area contributed by atoms with Crippen LogP contribution in [0.2, 0.25) is 0 Å². The Hall–Kier alpha value is -3.61. The number of carbonyl (C=O) groups is 1. The predicted molar refractivity (Wildman–Crippen MR) is 121 cm³/mol. The highest BCUT2D eigenvalue weighted by Crippen LogP contribution is 2.41. The van der Waals surface area contributed by atoms with Crippen LogP contribution in [0.15, 0.2) is 59.4 Å². The van der Waals surface area contributed by atoms with Crippen LogP contribution in [0.4, 0.5) is 0 Å². The van der Waals surface area contributed by atoms with Crippen LogP contribution in [0.25, 0.3) is 0 Å². The quantitative estimate of drug-likeness (QED) is 0.595. The number of nitrogens with zero attached hydrogens (tertiary/aromatic N) is 3. The molecule has 1 aliphatic rings. The number of rotatable bonds is 6. The first kappa shape index (κ1) is 21.6. The van der Waals surface area contributed by atoms with E-state index in [2.05, 4.69) is 5.10 Å². The third-order valence-corrected chi connectivity index (χ3v) is 5.77. The molecule has 0 saturated heterocycles. The fraction of sp³-hybridized carbons (Fsp3) is 0.320. The zero-order valence-corrected chi connectivity index (χ0v) is 18.6. The molecule has 7 heteroatoms. The van der Waals surface area contributed by atoms with E-state index in [4.69, 9.17) is 9.47 Å². The molecule has 0 radical (unpaired) electrons. The number of aromatic nitrogens is 2. The van der Waals surface area contributed by atoms with Crippen molar-refractivity contribution in [2.45, 2.75) is 32.4 Å². The summed E-state index contributed by atoms with van der Waals surface area (Å²) < 4.78 is 12.4. The van der Waals surface area contributed by atoms with Crippen LogP contribution in [0.1, 0.15) is 46.6 Å². The molecule has 1 aliphatic heterocycles. The van der Waals surface area contributed by atoms with E-state index in [-0.39, 0.29) is 23.2 Å². The fourth-order valence-corrected chi connectivity index (χ4v) is 4.24. The maximum Gasteiger partial charge on any atom is 0.275 e. The van der Waals surface area contributed by atoms with Crippen LogP contribution in [-0.2, 0) is 13.0 Å². The number of methoxy groups -OCH3 is 2. The average molecular weight is 434 g/mol. The van der Waals surface area contributed by atoms with Gasteiger partial charge in [0.05, 0.1) is 20.3 Å². The van der Waals surface area contributed by atoms with Crippen molar-refractivity contribution < 1.29 is 14.3 Å². The van der Waals surface area contributed by atoms with E-state index in [9.17, 15) is 9.59 Å². The lowest BCUT2D eigenvalue weighted by Crippen LogP contribution is -2.41. The molecule has 0 N–H and O–H groups in total. The molecule has 0 saturated carbocycles. The summed E-state index contributed by atoms with van der Waals surface area (Å²) in [6.07, 6.45) is 1.44. The van der Waals surface area contributed by atoms with Crippen molar-refractivity contribution in [1.82, 2.24) is 14.7 Å². The van der Waals surface area contributed by atoms with Gasteiger partial charge in [0.2, 0.25) is 0 Å². The number of hydrogen-bond acceptors (Lipinski definition) is 5. The Morgan fingerprint density at radius 1 is 1.06 bits per heavy atom. The van der Waals surface area contributed by atoms with Crippen molar-refractivity contribution in [3.63, 3.8) is 0 Å². The predicted octanol–water partition coefficient (Wildman–Crippen LogP) is 3.46. The van der Waals surface area contributed by atoms with Gasteiger partial charge in [0.25, 0.3) is 11.5 Å². The third kappa shape index (κ3) is 3.98. The number of hydrogen-bond donors (Lipinski definition) is 0. The van der Waals surface area contributed by atoms with Crippen LogP contribution in [0, 0.1) is 0 Å². The van der Waals surface area contributed by atoms with E-state index in [1.54, 1.807) is 14.2 Å². The van der Waals surface area contributed by atoms with Gasteiger partial charge in [-0.3, -0.25) is 9.59 Å². The maximum absolute atomic E-state index is 13.6. The first-order chi connectivity index (χ1) is 15.6. The molecule has 0 fully saturated rings. The number of benzene rings is 2. The van der Waals surface area contributed by atoms with E-state index in [1.165, 1.54) is 16.8 Å². The molecule has 32 heavy (non-hydrogen) atoms. The number of carbonyl (C=O) groups excluding carboxylic acids is 1. The van der Waals surface area contributed by atoms with E-state index >= 15 is 0 Å². The second-order valence-corrected chi connectivity index (χ2v) is 7.75. The van der Waals surface area contributed by atoms with Crippen LogP contribution >= 0.6 is 0 Å². The zero-order valence-electron chi connectivity index (χ0n) is 18.6. The molecular formula is C25H27N3O4. The average Bonchev–Trinajstić information content (AvgIpc) is 2.84. The molecule has 3 aromatic rings. The lowest BCUT2D eigenvalue weighted by Gasteiger charge is -2.38. The summed E-state index contributed by atoms with van der Waals surface area (Å²) in [6.45, 7) is 2.97. The van der Waals surface area contributed by atoms with Crippen molar-refractivity contribution in [3.05, 3.63) is 87.3 Å². The van der Waals surface area contributed by atoms with Gasteiger partial charge in [-0.2, -0.15) is 5.10 Å². The first-order valence-electron chi connectivity index (χ1n) is 10.8. The van der Waals surface area contributed by atoms with E-state index in [0.717, 1.165) is 23.1 Å². The van der Waals surface area contributed by atoms with E-state index in [0.29, 0.717) is 31.0 Å². The molecule has 0 aliphatic carbocycles. The second kappa shape index (κ2) is 9.26. The van der Waals surface area contributed by atoms with E-state index in [1.807, 2.05) is 54.3 Å². The van der Waals surface area contributed by atoms with Gasteiger partial charge in [-0.05, 0) is 47.7 Å². The lowest BCUT2D eigenvalue weighted by atomic mass is 9.87. The fourth-order valence-electron chi connectivity index (χ4n) is 4.24. The van der Waals surface area contributed by atoms with Crippen molar-refractivity contribution in [1.29, 1.82) is 0 Å². The normalized spacial score (nSPS) is 15.2. The highest BCUT2D eigenvalue weighted by Gasteiger charge is 2.34. The number of ether oxygens (including phenoxy) is 2. The number of aryl methyl sites for hydroxylation is 1. The van der Waals surface area contributed by atoms with Gasteiger partial charge in [-0.15, -0.1) is 0 Å². The van der Waals surface area contributed by atoms with Gasteiger partial charge < -0.3 is 14.4 Å². The Morgan fingerprint density at radius 3 is 2.47 bits per heavy atom. The van der Waals surface area contributed by atoms with Gasteiger partial charge in [-0.25, -0.2) is 4.68 Å². The first-order valence-corrected chi connectivity index (χ1v) is 10.8. The highest BCUT2D eigenvalue weighted by molar-refractivity contribution is 5.93. The molecule has 1 aromatic heterocycles. The summed E-state index contributed by atoms with van der Waals surface area (Å²) in [5.74, 6) is 1.09. The Bertz CT molecular complexity index is 1170. The molecule has 2 aromatic carbocycles. The minimum Gasteiger partial charge on any atom is -0.493 e. The Kier molecular flexibility index (Phi) is 6.25. The van der Waals surface area contributed by atoms with Crippen molar-refractivity contribution in [2.75, 3.05) is 20.8 Å². The number of fused-ring (bicyclic) bond motifs is 1. The van der Waals surface area contributed by atoms with E-state index < -0.39 is 0 Å². The second-order valence-electron chi connectivity index (χ2n) is 7.75. The minimum atomic E-state index is -0.305. The Labute approximate surface area is 187 Å². The van der Waals surface area contributed by atoms with Crippen LogP contribution in [0.3, 0.4) is 0 Å². The molecule has 0 spiro atoms. The zero-order chi connectivity index (χ0) is 22.7. The summed E-state index contributed by atoms with van der Waals surface area (Å²) >= 11 is 0. The smallest absolute Gasteiger partial charge is 0.275 e. The molecule has 2 heterocycles. The Balaban J connectivity index is 1.81. The molecule has 0 bridgehead atoms. The largest absolute Gasteiger partial charge is 0.493 e. The summed E-state index contributed by atoms with van der Waals surface area (Å²) in [5, 5.41) is 4.35. The van der Waals surface area contributed by atoms with Gasteiger partial charge in [-0.1, -0.05) is 37.3 Å². The molecule has 1 amide bonds. The summed E-state index contributed by atoms with van der Waals surface area (Å²) in [4.78, 5) is 27.5. The van der Waals surface area contributed by atoms with Crippen molar-refractivity contribution in [2.24, 2.45) is 0 Å². The number of amides is 1. The summed E-state index contributed by atoms with van der Waals surface area (Å²) in [6, 6.07) is 16.5. The minimum absolute atomic E-state index is 0.204. The highest BCUT2D eigenvalue weighted by atomic mass is 16.5. The standard InChI is InChI=1S/C25H27N3O4/c1-4-13-28-23(29)11-10-20(26-28)25(30)27-14-12-18-15-21(31-2)22(32-3)16-19(18)24(27)17-8-6-5-7-9-17/h5-11,15-16,24H,4,12-14H2,1-3H3. The van der Waals surface area contributed by atoms with Crippen molar-refractivity contribution in [3.8, 4) is 11.5 Å². The van der Waals surface area contributed by atoms with Crippen LogP contribution < -0.4 is 15.0 Å². The molecule has 1 atom stereocenters. The topological polar surface area (TPSA) is 73.7 Å². The third-order valence-electron chi connectivity index (χ3n) is 5.77. The summed E-state index contributed by atoms with van der Waals surface area (Å²) in [5.41, 5.74) is 3.17. The summed E-state index contributed by atoms with van der Waals surface area (Å²) in [7, 11) is 3.23. The molecular weight excluding hydrogens is 406 g/mol. The van der Waals surface area contributed by atoms with Gasteiger partial charge in [0.15, 0.2) is 11.5 Å². The molecule has 1 unspecified atom stereocenters. The maximum atomic E-state index is 13.6. The monoisotopic (exact) mass is 433 g/mol. The van der Waals surface area contributed by atoms with Crippen LogP contribution in [0.5, 0.6) is 11.5 Å². The lowest BCUT2D eigenvalue weighted by molar-refractivity contribution is 0.0685. The van der Waals surface area contributed by atoms with Crippen molar-refractivity contribution >= 4 is 5.91 Å². The molecule has 4 rings (SSSR count). The Morgan fingerprint density at radius 2 is 1.78 bits per heavy atom.